The molecule has 2 heterocycles. The summed E-state index contributed by atoms with van der Waals surface area (Å²) in [6.07, 6.45) is 0.905. The van der Waals surface area contributed by atoms with E-state index in [0.29, 0.717) is 5.69 Å². The SMILES string of the molecule is CCc1ccccc1-n1nnc(C#N)c1-c1cccs1. The Bertz CT molecular complexity index is 766. The van der Waals surface area contributed by atoms with Crippen molar-refractivity contribution in [2.24, 2.45) is 0 Å². The fourth-order valence-electron chi connectivity index (χ4n) is 2.18. The summed E-state index contributed by atoms with van der Waals surface area (Å²) in [6, 6.07) is 14.1. The minimum atomic E-state index is 0.360. The number of nitriles is 1. The summed E-state index contributed by atoms with van der Waals surface area (Å²) >= 11 is 1.58. The average Bonchev–Trinajstić information content (AvgIpc) is 3.15. The van der Waals surface area contributed by atoms with E-state index >= 15 is 0 Å². The third-order valence-electron chi connectivity index (χ3n) is 3.13. The number of thiophene rings is 1. The van der Waals surface area contributed by atoms with Gasteiger partial charge in [-0.15, -0.1) is 16.4 Å². The Morgan fingerprint density at radius 2 is 2.10 bits per heavy atom. The molecule has 0 atom stereocenters. The van der Waals surface area contributed by atoms with Crippen molar-refractivity contribution in [2.45, 2.75) is 13.3 Å². The van der Waals surface area contributed by atoms with Crippen LogP contribution in [0.4, 0.5) is 0 Å². The molecule has 0 unspecified atom stereocenters. The second-order valence-corrected chi connectivity index (χ2v) is 5.22. The maximum Gasteiger partial charge on any atom is 0.191 e. The molecular weight excluding hydrogens is 268 g/mol. The van der Waals surface area contributed by atoms with Gasteiger partial charge in [0.1, 0.15) is 11.8 Å². The summed E-state index contributed by atoms with van der Waals surface area (Å²) in [5.41, 5.74) is 3.29. The molecule has 0 spiro atoms. The zero-order valence-electron chi connectivity index (χ0n) is 10.9. The number of hydrogen-bond donors (Lipinski definition) is 0. The van der Waals surface area contributed by atoms with Gasteiger partial charge in [-0.05, 0) is 29.5 Å². The van der Waals surface area contributed by atoms with E-state index in [1.165, 1.54) is 5.56 Å². The van der Waals surface area contributed by atoms with Gasteiger partial charge in [0, 0.05) is 0 Å². The lowest BCUT2D eigenvalue weighted by Gasteiger charge is -2.09. The summed E-state index contributed by atoms with van der Waals surface area (Å²) in [4.78, 5) is 0.998. The monoisotopic (exact) mass is 280 g/mol. The van der Waals surface area contributed by atoms with Gasteiger partial charge in [-0.1, -0.05) is 36.4 Å². The number of para-hydroxylation sites is 1. The van der Waals surface area contributed by atoms with Gasteiger partial charge in [-0.25, -0.2) is 4.68 Å². The number of aryl methyl sites for hydroxylation is 1. The molecule has 98 valence electrons. The molecule has 4 nitrogen and oxygen atoms in total. The maximum atomic E-state index is 9.24. The quantitative estimate of drug-likeness (QED) is 0.738. The van der Waals surface area contributed by atoms with E-state index in [1.54, 1.807) is 16.0 Å². The fraction of sp³-hybridized carbons (Fsp3) is 0.133. The van der Waals surface area contributed by atoms with Gasteiger partial charge in [0.2, 0.25) is 0 Å². The van der Waals surface area contributed by atoms with Crippen molar-refractivity contribution in [3.63, 3.8) is 0 Å². The van der Waals surface area contributed by atoms with Gasteiger partial charge >= 0.3 is 0 Å². The molecule has 0 amide bonds. The minimum absolute atomic E-state index is 0.360. The first kappa shape index (κ1) is 12.6. The van der Waals surface area contributed by atoms with Crippen LogP contribution >= 0.6 is 11.3 Å². The van der Waals surface area contributed by atoms with Crippen LogP contribution in [-0.4, -0.2) is 15.0 Å². The van der Waals surface area contributed by atoms with Crippen LogP contribution in [0.5, 0.6) is 0 Å². The van der Waals surface area contributed by atoms with E-state index in [-0.39, 0.29) is 0 Å². The van der Waals surface area contributed by atoms with E-state index in [4.69, 9.17) is 0 Å². The number of aromatic nitrogens is 3. The predicted molar refractivity (Wildman–Crippen MR) is 78.8 cm³/mol. The third kappa shape index (κ3) is 2.00. The van der Waals surface area contributed by atoms with Crippen LogP contribution < -0.4 is 0 Å². The summed E-state index contributed by atoms with van der Waals surface area (Å²) < 4.78 is 1.77. The van der Waals surface area contributed by atoms with Crippen LogP contribution in [0.15, 0.2) is 41.8 Å². The molecule has 0 saturated carbocycles. The Kier molecular flexibility index (Phi) is 3.32. The van der Waals surface area contributed by atoms with Gasteiger partial charge in [0.05, 0.1) is 10.6 Å². The van der Waals surface area contributed by atoms with Gasteiger partial charge < -0.3 is 0 Å². The van der Waals surface area contributed by atoms with Gasteiger partial charge in [-0.3, -0.25) is 0 Å². The molecule has 0 N–H and O–H groups in total. The van der Waals surface area contributed by atoms with Crippen molar-refractivity contribution in [3.05, 3.63) is 53.0 Å². The van der Waals surface area contributed by atoms with Crippen LogP contribution in [-0.2, 0) is 6.42 Å². The topological polar surface area (TPSA) is 54.5 Å². The molecule has 0 radical (unpaired) electrons. The van der Waals surface area contributed by atoms with Crippen LogP contribution in [0.25, 0.3) is 16.3 Å². The molecule has 3 aromatic rings. The Morgan fingerprint density at radius 3 is 2.80 bits per heavy atom. The van der Waals surface area contributed by atoms with E-state index in [1.807, 2.05) is 35.7 Å². The maximum absolute atomic E-state index is 9.24. The molecule has 0 bridgehead atoms. The first-order valence-corrected chi connectivity index (χ1v) is 7.21. The smallest absolute Gasteiger partial charge is 0.191 e. The first-order valence-electron chi connectivity index (χ1n) is 6.33. The minimum Gasteiger partial charge on any atom is -0.210 e. The van der Waals surface area contributed by atoms with Crippen LogP contribution in [0.2, 0.25) is 0 Å². The van der Waals surface area contributed by atoms with E-state index < -0.39 is 0 Å². The second-order valence-electron chi connectivity index (χ2n) is 4.27. The molecule has 3 rings (SSSR count). The molecule has 2 aromatic heterocycles. The largest absolute Gasteiger partial charge is 0.210 e. The van der Waals surface area contributed by atoms with Crippen molar-refractivity contribution in [1.29, 1.82) is 5.26 Å². The average molecular weight is 280 g/mol. The summed E-state index contributed by atoms with van der Waals surface area (Å²) in [7, 11) is 0. The highest BCUT2D eigenvalue weighted by molar-refractivity contribution is 7.13. The summed E-state index contributed by atoms with van der Waals surface area (Å²) in [5, 5.41) is 19.4. The van der Waals surface area contributed by atoms with E-state index in [9.17, 15) is 5.26 Å². The van der Waals surface area contributed by atoms with Crippen LogP contribution in [0.3, 0.4) is 0 Å². The van der Waals surface area contributed by atoms with Crippen molar-refractivity contribution < 1.29 is 0 Å². The van der Waals surface area contributed by atoms with Crippen LogP contribution in [0.1, 0.15) is 18.2 Å². The van der Waals surface area contributed by atoms with E-state index in [0.717, 1.165) is 22.7 Å². The van der Waals surface area contributed by atoms with Gasteiger partial charge in [-0.2, -0.15) is 5.26 Å². The first-order chi connectivity index (χ1) is 9.85. The molecule has 1 aromatic carbocycles. The summed E-state index contributed by atoms with van der Waals surface area (Å²) in [5.74, 6) is 0. The Balaban J connectivity index is 2.26. The predicted octanol–water partition coefficient (Wildman–Crippen LogP) is 3.43. The zero-order valence-corrected chi connectivity index (χ0v) is 11.8. The molecule has 5 heteroatoms. The lowest BCUT2D eigenvalue weighted by Crippen LogP contribution is -2.02. The molecular formula is C15H12N4S. The highest BCUT2D eigenvalue weighted by Crippen LogP contribution is 2.29. The zero-order chi connectivity index (χ0) is 13.9. The fourth-order valence-corrected chi connectivity index (χ4v) is 2.93. The number of nitrogens with zero attached hydrogens (tertiary/aromatic N) is 4. The summed E-state index contributed by atoms with van der Waals surface area (Å²) in [6.45, 7) is 2.10. The molecule has 0 aliphatic carbocycles. The van der Waals surface area contributed by atoms with E-state index in [2.05, 4.69) is 29.4 Å². The third-order valence-corrected chi connectivity index (χ3v) is 4.01. The molecule has 0 saturated heterocycles. The molecule has 0 fully saturated rings. The highest BCUT2D eigenvalue weighted by atomic mass is 32.1. The Morgan fingerprint density at radius 1 is 1.25 bits per heavy atom. The lowest BCUT2D eigenvalue weighted by molar-refractivity contribution is 0.798. The normalized spacial score (nSPS) is 10.4. The van der Waals surface area contributed by atoms with Crippen molar-refractivity contribution >= 4 is 11.3 Å². The number of hydrogen-bond acceptors (Lipinski definition) is 4. The van der Waals surface area contributed by atoms with Gasteiger partial charge in [0.25, 0.3) is 0 Å². The standard InChI is InChI=1S/C15H12N4S/c1-2-11-6-3-4-7-13(11)19-15(12(10-16)17-18-19)14-8-5-9-20-14/h3-9H,2H2,1H3. The second kappa shape index (κ2) is 5.27. The Labute approximate surface area is 120 Å². The van der Waals surface area contributed by atoms with Gasteiger partial charge in [0.15, 0.2) is 5.69 Å². The number of benzene rings is 1. The molecule has 20 heavy (non-hydrogen) atoms. The van der Waals surface area contributed by atoms with Crippen molar-refractivity contribution in [3.8, 4) is 22.3 Å². The molecule has 0 aliphatic heterocycles. The number of rotatable bonds is 3. The highest BCUT2D eigenvalue weighted by Gasteiger charge is 2.18. The van der Waals surface area contributed by atoms with Crippen molar-refractivity contribution in [1.82, 2.24) is 15.0 Å². The molecule has 0 aliphatic rings. The Hall–Kier alpha value is -2.45. The van der Waals surface area contributed by atoms with Crippen molar-refractivity contribution in [2.75, 3.05) is 0 Å². The van der Waals surface area contributed by atoms with Crippen LogP contribution in [0, 0.1) is 11.3 Å². The lowest BCUT2D eigenvalue weighted by atomic mass is 10.1.